The highest BCUT2D eigenvalue weighted by Crippen LogP contribution is 2.21. The van der Waals surface area contributed by atoms with E-state index >= 15 is 0 Å². The molecule has 0 amide bonds. The lowest BCUT2D eigenvalue weighted by Crippen LogP contribution is -2.10. The normalized spacial score (nSPS) is 10.6. The number of rotatable bonds is 4. The molecule has 3 aromatic rings. The summed E-state index contributed by atoms with van der Waals surface area (Å²) in [6.45, 7) is 0.352. The number of benzene rings is 1. The Hall–Kier alpha value is -1.70. The minimum Gasteiger partial charge on any atom is -0.409 e. The Morgan fingerprint density at radius 3 is 2.91 bits per heavy atom. The van der Waals surface area contributed by atoms with E-state index in [2.05, 4.69) is 31.3 Å². The molecule has 0 aliphatic heterocycles. The Bertz CT molecular complexity index is 847. The fourth-order valence-electron chi connectivity index (χ4n) is 1.78. The van der Waals surface area contributed by atoms with Crippen molar-refractivity contribution in [3.63, 3.8) is 0 Å². The topological polar surface area (TPSA) is 55.9 Å². The number of anilines is 1. The lowest BCUT2D eigenvalue weighted by molar-refractivity contribution is 0.522. The van der Waals surface area contributed by atoms with E-state index in [0.29, 0.717) is 23.4 Å². The Morgan fingerprint density at radius 1 is 1.32 bits per heavy atom. The summed E-state index contributed by atoms with van der Waals surface area (Å²) in [5.41, 5.74) is 0.851. The van der Waals surface area contributed by atoms with E-state index in [4.69, 9.17) is 28.2 Å². The largest absolute Gasteiger partial charge is 0.409 e. The highest BCUT2D eigenvalue weighted by Gasteiger charge is 2.08. The van der Waals surface area contributed by atoms with Crippen molar-refractivity contribution in [1.82, 2.24) is 14.8 Å². The van der Waals surface area contributed by atoms with Crippen LogP contribution in [0.4, 0.5) is 5.82 Å². The number of nitrogens with zero attached hydrogens (tertiary/aromatic N) is 3. The molecule has 0 fully saturated rings. The highest BCUT2D eigenvalue weighted by molar-refractivity contribution is 9.10. The molecule has 0 bridgehead atoms. The van der Waals surface area contributed by atoms with Gasteiger partial charge < -0.3 is 9.73 Å². The van der Waals surface area contributed by atoms with E-state index in [1.807, 2.05) is 24.3 Å². The number of nitrogens with one attached hydrogen (secondary N) is 1. The summed E-state index contributed by atoms with van der Waals surface area (Å²) >= 11 is 14.4. The maximum absolute atomic E-state index is 5.79. The van der Waals surface area contributed by atoms with Crippen LogP contribution in [0.25, 0.3) is 11.5 Å². The predicted molar refractivity (Wildman–Crippen MR) is 91.3 cm³/mol. The lowest BCUT2D eigenvalue weighted by Gasteiger charge is -2.04. The standard InChI is InChI=1S/C14H10BrClN4OS/c15-10-3-1-2-9(6-10)13-19-20(14(22)21-13)8-18-12-5-4-11(16)7-17-12/h1-7H,8H2,(H,17,18). The zero-order valence-electron chi connectivity index (χ0n) is 11.2. The van der Waals surface area contributed by atoms with Gasteiger partial charge in [0.1, 0.15) is 12.5 Å². The van der Waals surface area contributed by atoms with Gasteiger partial charge in [0.15, 0.2) is 0 Å². The average Bonchev–Trinajstić information content (AvgIpc) is 2.88. The van der Waals surface area contributed by atoms with Gasteiger partial charge in [-0.1, -0.05) is 33.6 Å². The minimum absolute atomic E-state index is 0.288. The van der Waals surface area contributed by atoms with Crippen LogP contribution < -0.4 is 5.32 Å². The molecule has 2 aromatic heterocycles. The van der Waals surface area contributed by atoms with E-state index in [1.54, 1.807) is 23.0 Å². The first-order chi connectivity index (χ1) is 10.6. The van der Waals surface area contributed by atoms with Gasteiger partial charge in [0.2, 0.25) is 5.89 Å². The Labute approximate surface area is 145 Å². The summed E-state index contributed by atoms with van der Waals surface area (Å²) in [5.74, 6) is 1.15. The molecule has 3 rings (SSSR count). The van der Waals surface area contributed by atoms with Crippen molar-refractivity contribution in [1.29, 1.82) is 0 Å². The van der Waals surface area contributed by atoms with Gasteiger partial charge in [-0.25, -0.2) is 9.67 Å². The quantitative estimate of drug-likeness (QED) is 0.644. The molecule has 0 saturated heterocycles. The van der Waals surface area contributed by atoms with Gasteiger partial charge in [0.05, 0.1) is 5.02 Å². The van der Waals surface area contributed by atoms with Gasteiger partial charge in [0.25, 0.3) is 4.84 Å². The molecule has 0 unspecified atom stereocenters. The molecular weight excluding hydrogens is 388 g/mol. The molecular formula is C14H10BrClN4OS. The van der Waals surface area contributed by atoms with Crippen molar-refractivity contribution < 1.29 is 4.42 Å². The maximum Gasteiger partial charge on any atom is 0.289 e. The summed E-state index contributed by atoms with van der Waals surface area (Å²) in [5, 5.41) is 8.05. The third-order valence-corrected chi connectivity index (χ3v) is 3.83. The summed E-state index contributed by atoms with van der Waals surface area (Å²) in [6, 6.07) is 11.2. The first-order valence-corrected chi connectivity index (χ1v) is 7.89. The molecule has 1 aromatic carbocycles. The maximum atomic E-state index is 5.79. The van der Waals surface area contributed by atoms with Gasteiger partial charge in [-0.2, -0.15) is 0 Å². The molecule has 0 atom stereocenters. The number of aromatic nitrogens is 3. The summed E-state index contributed by atoms with van der Waals surface area (Å²) in [4.78, 5) is 4.43. The minimum atomic E-state index is 0.288. The van der Waals surface area contributed by atoms with Crippen molar-refractivity contribution in [2.45, 2.75) is 6.67 Å². The first-order valence-electron chi connectivity index (χ1n) is 6.31. The molecule has 1 N–H and O–H groups in total. The van der Waals surface area contributed by atoms with E-state index < -0.39 is 0 Å². The monoisotopic (exact) mass is 396 g/mol. The molecule has 0 spiro atoms. The van der Waals surface area contributed by atoms with E-state index in [1.165, 1.54) is 0 Å². The molecule has 8 heteroatoms. The summed E-state index contributed by atoms with van der Waals surface area (Å²) in [7, 11) is 0. The second-order valence-corrected chi connectivity index (χ2v) is 6.08. The van der Waals surface area contributed by atoms with Crippen molar-refractivity contribution in [3.8, 4) is 11.5 Å². The van der Waals surface area contributed by atoms with E-state index in [0.717, 1.165) is 10.0 Å². The second kappa shape index (κ2) is 6.60. The zero-order valence-corrected chi connectivity index (χ0v) is 14.3. The Morgan fingerprint density at radius 2 is 2.18 bits per heavy atom. The second-order valence-electron chi connectivity index (χ2n) is 4.38. The number of hydrogen-bond donors (Lipinski definition) is 1. The van der Waals surface area contributed by atoms with Crippen LogP contribution in [0.3, 0.4) is 0 Å². The van der Waals surface area contributed by atoms with Crippen LogP contribution in [0.1, 0.15) is 0 Å². The number of halogens is 2. The molecule has 112 valence electrons. The average molecular weight is 398 g/mol. The molecule has 2 heterocycles. The van der Waals surface area contributed by atoms with Crippen LogP contribution in [0.15, 0.2) is 51.5 Å². The number of hydrogen-bond acceptors (Lipinski definition) is 5. The van der Waals surface area contributed by atoms with Crippen molar-refractivity contribution in [2.75, 3.05) is 5.32 Å². The van der Waals surface area contributed by atoms with Crippen LogP contribution in [-0.2, 0) is 6.67 Å². The van der Waals surface area contributed by atoms with Crippen LogP contribution >= 0.6 is 39.7 Å². The third-order valence-electron chi connectivity index (χ3n) is 2.82. The molecule has 0 aliphatic rings. The summed E-state index contributed by atoms with van der Waals surface area (Å²) < 4.78 is 8.03. The SMILES string of the molecule is S=c1oc(-c2cccc(Br)c2)nn1CNc1ccc(Cl)cn1. The van der Waals surface area contributed by atoms with Gasteiger partial charge in [-0.05, 0) is 42.5 Å². The third kappa shape index (κ3) is 3.55. The first kappa shape index (κ1) is 15.2. The van der Waals surface area contributed by atoms with Crippen LogP contribution in [0, 0.1) is 4.84 Å². The zero-order chi connectivity index (χ0) is 15.5. The van der Waals surface area contributed by atoms with Gasteiger partial charge in [0, 0.05) is 16.2 Å². The summed E-state index contributed by atoms with van der Waals surface area (Å²) in [6.07, 6.45) is 1.57. The smallest absolute Gasteiger partial charge is 0.289 e. The fraction of sp³-hybridized carbons (Fsp3) is 0.0714. The van der Waals surface area contributed by atoms with E-state index in [9.17, 15) is 0 Å². The fourth-order valence-corrected chi connectivity index (χ4v) is 2.48. The number of pyridine rings is 1. The van der Waals surface area contributed by atoms with Gasteiger partial charge in [-0.15, -0.1) is 5.10 Å². The molecule has 5 nitrogen and oxygen atoms in total. The molecule has 0 saturated carbocycles. The molecule has 0 radical (unpaired) electrons. The van der Waals surface area contributed by atoms with Crippen molar-refractivity contribution in [2.24, 2.45) is 0 Å². The highest BCUT2D eigenvalue weighted by atomic mass is 79.9. The van der Waals surface area contributed by atoms with Crippen LogP contribution in [-0.4, -0.2) is 14.8 Å². The molecule has 22 heavy (non-hydrogen) atoms. The van der Waals surface area contributed by atoms with E-state index in [-0.39, 0.29) is 4.84 Å². The predicted octanol–water partition coefficient (Wildman–Crippen LogP) is 4.75. The van der Waals surface area contributed by atoms with Gasteiger partial charge >= 0.3 is 0 Å². The van der Waals surface area contributed by atoms with Crippen LogP contribution in [0.2, 0.25) is 5.02 Å². The Kier molecular flexibility index (Phi) is 4.56. The lowest BCUT2D eigenvalue weighted by atomic mass is 10.2. The molecule has 0 aliphatic carbocycles. The Balaban J connectivity index is 1.78. The van der Waals surface area contributed by atoms with Crippen LogP contribution in [0.5, 0.6) is 0 Å². The van der Waals surface area contributed by atoms with Crippen molar-refractivity contribution in [3.05, 3.63) is 56.9 Å². The van der Waals surface area contributed by atoms with Crippen molar-refractivity contribution >= 4 is 45.6 Å². The van der Waals surface area contributed by atoms with Gasteiger partial charge in [-0.3, -0.25) is 0 Å².